The summed E-state index contributed by atoms with van der Waals surface area (Å²) < 4.78 is 10.3. The number of benzene rings is 1. The lowest BCUT2D eigenvalue weighted by Gasteiger charge is -2.27. The zero-order valence-corrected chi connectivity index (χ0v) is 15.8. The summed E-state index contributed by atoms with van der Waals surface area (Å²) in [6.07, 6.45) is 3.81. The molecular weight excluding hydrogens is 332 g/mol. The van der Waals surface area contributed by atoms with E-state index in [1.165, 1.54) is 0 Å². The Balaban J connectivity index is 1.69. The standard InChI is InChI=1S/C20H30N2O4/c1-25-14-13-22-20(24)17-9-7-16(8-10-17)19(23)21-12-11-15-5-3-4-6-18(15)26-2/h3-6,16-17H,7-14H2,1-2H3,(H,21,23)(H,22,24). The van der Waals surface area contributed by atoms with E-state index in [2.05, 4.69) is 10.6 Å². The first-order chi connectivity index (χ1) is 12.7. The van der Waals surface area contributed by atoms with Crippen LogP contribution in [0.2, 0.25) is 0 Å². The minimum absolute atomic E-state index is 0.00990. The van der Waals surface area contributed by atoms with Crippen molar-refractivity contribution in [1.29, 1.82) is 0 Å². The third-order valence-electron chi connectivity index (χ3n) is 4.96. The molecule has 0 radical (unpaired) electrons. The van der Waals surface area contributed by atoms with Gasteiger partial charge in [0.1, 0.15) is 5.75 Å². The van der Waals surface area contributed by atoms with Crippen molar-refractivity contribution in [1.82, 2.24) is 10.6 Å². The van der Waals surface area contributed by atoms with Gasteiger partial charge in [-0.3, -0.25) is 9.59 Å². The molecule has 1 aromatic rings. The van der Waals surface area contributed by atoms with Crippen LogP contribution in [0.5, 0.6) is 5.75 Å². The summed E-state index contributed by atoms with van der Waals surface area (Å²) in [5.41, 5.74) is 1.09. The highest BCUT2D eigenvalue weighted by molar-refractivity contribution is 5.81. The van der Waals surface area contributed by atoms with Gasteiger partial charge in [0, 0.05) is 32.0 Å². The molecule has 26 heavy (non-hydrogen) atoms. The van der Waals surface area contributed by atoms with Crippen LogP contribution in [0.4, 0.5) is 0 Å². The summed E-state index contributed by atoms with van der Waals surface area (Å²) in [5.74, 6) is 1.05. The van der Waals surface area contributed by atoms with Crippen LogP contribution in [0.3, 0.4) is 0 Å². The molecule has 1 saturated carbocycles. The summed E-state index contributed by atoms with van der Waals surface area (Å²) in [7, 11) is 3.27. The van der Waals surface area contributed by atoms with Crippen LogP contribution in [0.15, 0.2) is 24.3 Å². The average Bonchev–Trinajstić information content (AvgIpc) is 2.68. The second-order valence-corrected chi connectivity index (χ2v) is 6.69. The zero-order chi connectivity index (χ0) is 18.8. The molecule has 1 aliphatic carbocycles. The lowest BCUT2D eigenvalue weighted by Crippen LogP contribution is -2.38. The van der Waals surface area contributed by atoms with Crippen LogP contribution in [0.25, 0.3) is 0 Å². The van der Waals surface area contributed by atoms with Gasteiger partial charge in [-0.05, 0) is 43.7 Å². The number of ether oxygens (including phenoxy) is 2. The van der Waals surface area contributed by atoms with Crippen LogP contribution in [0.1, 0.15) is 31.2 Å². The number of carbonyl (C=O) groups is 2. The second-order valence-electron chi connectivity index (χ2n) is 6.69. The van der Waals surface area contributed by atoms with Gasteiger partial charge in [-0.25, -0.2) is 0 Å². The highest BCUT2D eigenvalue weighted by atomic mass is 16.5. The van der Waals surface area contributed by atoms with Crippen molar-refractivity contribution in [2.24, 2.45) is 11.8 Å². The number of hydrogen-bond acceptors (Lipinski definition) is 4. The highest BCUT2D eigenvalue weighted by Crippen LogP contribution is 2.29. The molecule has 2 rings (SSSR count). The summed E-state index contributed by atoms with van der Waals surface area (Å²) in [4.78, 5) is 24.4. The van der Waals surface area contributed by atoms with Gasteiger partial charge in [0.05, 0.1) is 13.7 Å². The quantitative estimate of drug-likeness (QED) is 0.658. The zero-order valence-electron chi connectivity index (χ0n) is 15.8. The van der Waals surface area contributed by atoms with E-state index in [4.69, 9.17) is 9.47 Å². The highest BCUT2D eigenvalue weighted by Gasteiger charge is 2.29. The first-order valence-electron chi connectivity index (χ1n) is 9.32. The number of amides is 2. The molecule has 0 heterocycles. The minimum Gasteiger partial charge on any atom is -0.496 e. The smallest absolute Gasteiger partial charge is 0.223 e. The molecule has 6 heteroatoms. The number of rotatable bonds is 9. The van der Waals surface area contributed by atoms with Gasteiger partial charge in [0.2, 0.25) is 11.8 Å². The molecule has 0 bridgehead atoms. The van der Waals surface area contributed by atoms with E-state index in [0.717, 1.165) is 43.4 Å². The van der Waals surface area contributed by atoms with E-state index in [0.29, 0.717) is 19.7 Å². The number of nitrogens with one attached hydrogen (secondary N) is 2. The van der Waals surface area contributed by atoms with E-state index in [-0.39, 0.29) is 23.7 Å². The van der Waals surface area contributed by atoms with E-state index in [1.54, 1.807) is 14.2 Å². The Morgan fingerprint density at radius 3 is 2.12 bits per heavy atom. The maximum atomic E-state index is 12.4. The number of para-hydroxylation sites is 1. The van der Waals surface area contributed by atoms with Crippen molar-refractivity contribution in [3.05, 3.63) is 29.8 Å². The van der Waals surface area contributed by atoms with Crippen molar-refractivity contribution in [2.45, 2.75) is 32.1 Å². The summed E-state index contributed by atoms with van der Waals surface area (Å²) in [6, 6.07) is 7.85. The molecule has 0 spiro atoms. The van der Waals surface area contributed by atoms with Gasteiger partial charge in [0.15, 0.2) is 0 Å². The molecule has 144 valence electrons. The number of hydrogen-bond donors (Lipinski definition) is 2. The molecule has 6 nitrogen and oxygen atoms in total. The first kappa shape index (κ1) is 20.2. The largest absolute Gasteiger partial charge is 0.496 e. The molecule has 0 atom stereocenters. The lowest BCUT2D eigenvalue weighted by atomic mass is 9.81. The van der Waals surface area contributed by atoms with Crippen LogP contribution in [-0.2, 0) is 20.7 Å². The molecule has 0 unspecified atom stereocenters. The van der Waals surface area contributed by atoms with E-state index in [9.17, 15) is 9.59 Å². The SMILES string of the molecule is COCCNC(=O)C1CCC(C(=O)NCCc2ccccc2OC)CC1. The Kier molecular flexibility index (Phi) is 8.41. The molecule has 1 aliphatic rings. The van der Waals surface area contributed by atoms with Gasteiger partial charge in [0.25, 0.3) is 0 Å². The summed E-state index contributed by atoms with van der Waals surface area (Å²) in [6.45, 7) is 1.66. The molecule has 1 fully saturated rings. The Morgan fingerprint density at radius 2 is 1.54 bits per heavy atom. The van der Waals surface area contributed by atoms with Crippen LogP contribution < -0.4 is 15.4 Å². The van der Waals surface area contributed by atoms with E-state index < -0.39 is 0 Å². The van der Waals surface area contributed by atoms with Crippen molar-refractivity contribution >= 4 is 11.8 Å². The first-order valence-corrected chi connectivity index (χ1v) is 9.32. The van der Waals surface area contributed by atoms with Gasteiger partial charge in [-0.15, -0.1) is 0 Å². The van der Waals surface area contributed by atoms with E-state index >= 15 is 0 Å². The average molecular weight is 362 g/mol. The normalized spacial score (nSPS) is 19.6. The van der Waals surface area contributed by atoms with Crippen LogP contribution in [0, 0.1) is 11.8 Å². The Bertz CT molecular complexity index is 583. The van der Waals surface area contributed by atoms with Gasteiger partial charge in [-0.2, -0.15) is 0 Å². The lowest BCUT2D eigenvalue weighted by molar-refractivity contribution is -0.130. The number of methoxy groups -OCH3 is 2. The second kappa shape index (κ2) is 10.8. The van der Waals surface area contributed by atoms with Crippen molar-refractivity contribution in [2.75, 3.05) is 33.9 Å². The molecule has 1 aromatic carbocycles. The van der Waals surface area contributed by atoms with Crippen molar-refractivity contribution in [3.8, 4) is 5.75 Å². The maximum Gasteiger partial charge on any atom is 0.223 e. The fourth-order valence-corrected chi connectivity index (χ4v) is 3.41. The Labute approximate surface area is 155 Å². The van der Waals surface area contributed by atoms with Gasteiger partial charge >= 0.3 is 0 Å². The van der Waals surface area contributed by atoms with Gasteiger partial charge in [-0.1, -0.05) is 18.2 Å². The molecule has 2 amide bonds. The fourth-order valence-electron chi connectivity index (χ4n) is 3.41. The van der Waals surface area contributed by atoms with Crippen LogP contribution >= 0.6 is 0 Å². The third kappa shape index (κ3) is 6.02. The van der Waals surface area contributed by atoms with Crippen molar-refractivity contribution < 1.29 is 19.1 Å². The topological polar surface area (TPSA) is 76.7 Å². The summed E-state index contributed by atoms with van der Waals surface area (Å²) >= 11 is 0. The molecule has 0 aromatic heterocycles. The summed E-state index contributed by atoms with van der Waals surface area (Å²) in [5, 5.41) is 5.91. The van der Waals surface area contributed by atoms with Crippen molar-refractivity contribution in [3.63, 3.8) is 0 Å². The maximum absolute atomic E-state index is 12.4. The predicted molar refractivity (Wildman–Crippen MR) is 100 cm³/mol. The van der Waals surface area contributed by atoms with Crippen LogP contribution in [-0.4, -0.2) is 45.7 Å². The molecule has 2 N–H and O–H groups in total. The van der Waals surface area contributed by atoms with E-state index in [1.807, 2.05) is 24.3 Å². The molecular formula is C20H30N2O4. The Hall–Kier alpha value is -2.08. The Morgan fingerprint density at radius 1 is 0.962 bits per heavy atom. The van der Waals surface area contributed by atoms with Gasteiger partial charge < -0.3 is 20.1 Å². The monoisotopic (exact) mass is 362 g/mol. The predicted octanol–water partition coefficient (Wildman–Crippen LogP) is 1.92. The number of carbonyl (C=O) groups excluding carboxylic acids is 2. The fraction of sp³-hybridized carbons (Fsp3) is 0.600. The molecule has 0 saturated heterocycles. The third-order valence-corrected chi connectivity index (χ3v) is 4.96. The molecule has 0 aliphatic heterocycles. The minimum atomic E-state index is 0.00990.